The van der Waals surface area contributed by atoms with Gasteiger partial charge in [0.1, 0.15) is 6.10 Å². The molecule has 3 rings (SSSR count). The maximum absolute atomic E-state index is 10.4. The van der Waals surface area contributed by atoms with Crippen molar-refractivity contribution in [2.24, 2.45) is 11.8 Å². The van der Waals surface area contributed by atoms with Gasteiger partial charge in [-0.15, -0.1) is 0 Å². The summed E-state index contributed by atoms with van der Waals surface area (Å²) in [5.41, 5.74) is 2.31. The molecule has 0 heterocycles. The van der Waals surface area contributed by atoms with Crippen LogP contribution in [0.1, 0.15) is 50.3 Å². The van der Waals surface area contributed by atoms with Crippen molar-refractivity contribution in [1.82, 2.24) is 0 Å². The lowest BCUT2D eigenvalue weighted by molar-refractivity contribution is -0.0906. The van der Waals surface area contributed by atoms with Crippen LogP contribution in [-0.2, 0) is 11.2 Å². The Morgan fingerprint density at radius 3 is 2.63 bits per heavy atom. The first-order valence-electron chi connectivity index (χ1n) is 7.56. The number of ether oxygens (including phenoxy) is 1. The van der Waals surface area contributed by atoms with Crippen molar-refractivity contribution in [3.63, 3.8) is 0 Å². The summed E-state index contributed by atoms with van der Waals surface area (Å²) < 4.78 is 6.22. The second-order valence-electron chi connectivity index (χ2n) is 6.41. The van der Waals surface area contributed by atoms with Crippen molar-refractivity contribution < 1.29 is 9.84 Å². The fourth-order valence-corrected chi connectivity index (χ4v) is 3.53. The van der Waals surface area contributed by atoms with Gasteiger partial charge >= 0.3 is 0 Å². The Bertz CT molecular complexity index is 443. The number of hydrogen-bond donors (Lipinski definition) is 1. The van der Waals surface area contributed by atoms with Crippen LogP contribution in [-0.4, -0.2) is 17.3 Å². The molecule has 1 aromatic carbocycles. The van der Waals surface area contributed by atoms with Crippen LogP contribution in [0.25, 0.3) is 0 Å². The van der Waals surface area contributed by atoms with E-state index < -0.39 is 6.10 Å². The number of fused-ring (bicyclic) bond motifs is 1. The zero-order valence-electron chi connectivity index (χ0n) is 11.9. The molecule has 0 bridgehead atoms. The average Bonchev–Trinajstić information content (AvgIpc) is 2.72. The van der Waals surface area contributed by atoms with Crippen LogP contribution in [0.2, 0.25) is 0 Å². The molecule has 0 radical (unpaired) electrons. The molecule has 1 saturated carbocycles. The first-order chi connectivity index (χ1) is 9.15. The summed E-state index contributed by atoms with van der Waals surface area (Å²) in [7, 11) is 0. The fourth-order valence-electron chi connectivity index (χ4n) is 3.53. The summed E-state index contributed by atoms with van der Waals surface area (Å²) >= 11 is 0. The SMILES string of the molecule is CC1CCC(OC2Cc3ccccc3C2O)CC1C. The predicted molar refractivity (Wildman–Crippen MR) is 75.9 cm³/mol. The van der Waals surface area contributed by atoms with Crippen LogP contribution in [0.15, 0.2) is 24.3 Å². The minimum Gasteiger partial charge on any atom is -0.386 e. The maximum Gasteiger partial charge on any atom is 0.106 e. The monoisotopic (exact) mass is 260 g/mol. The van der Waals surface area contributed by atoms with E-state index in [2.05, 4.69) is 19.9 Å². The molecule has 0 spiro atoms. The average molecular weight is 260 g/mol. The predicted octanol–water partition coefficient (Wildman–Crippen LogP) is 3.49. The normalized spacial score (nSPS) is 38.2. The van der Waals surface area contributed by atoms with Crippen LogP contribution >= 0.6 is 0 Å². The first-order valence-corrected chi connectivity index (χ1v) is 7.56. The third kappa shape index (κ3) is 2.56. The third-order valence-corrected chi connectivity index (χ3v) is 5.06. The van der Waals surface area contributed by atoms with Gasteiger partial charge in [0.2, 0.25) is 0 Å². The summed E-state index contributed by atoms with van der Waals surface area (Å²) in [5, 5.41) is 10.4. The lowest BCUT2D eigenvalue weighted by atomic mass is 9.80. The van der Waals surface area contributed by atoms with Gasteiger partial charge in [-0.1, -0.05) is 38.1 Å². The van der Waals surface area contributed by atoms with Crippen molar-refractivity contribution in [3.8, 4) is 0 Å². The topological polar surface area (TPSA) is 29.5 Å². The maximum atomic E-state index is 10.4. The Balaban J connectivity index is 1.63. The first kappa shape index (κ1) is 13.1. The molecule has 1 aromatic rings. The molecule has 1 N–H and O–H groups in total. The summed E-state index contributed by atoms with van der Waals surface area (Å²) in [4.78, 5) is 0. The van der Waals surface area contributed by atoms with Crippen LogP contribution in [0.3, 0.4) is 0 Å². The molecule has 0 aromatic heterocycles. The van der Waals surface area contributed by atoms with Crippen LogP contribution < -0.4 is 0 Å². The second-order valence-corrected chi connectivity index (χ2v) is 6.41. The van der Waals surface area contributed by atoms with Crippen molar-refractivity contribution in [2.75, 3.05) is 0 Å². The zero-order chi connectivity index (χ0) is 13.4. The molecule has 2 aliphatic carbocycles. The zero-order valence-corrected chi connectivity index (χ0v) is 11.9. The summed E-state index contributed by atoms with van der Waals surface area (Å²) in [6.45, 7) is 4.65. The number of aliphatic hydroxyl groups is 1. The van der Waals surface area contributed by atoms with Crippen LogP contribution in [0.4, 0.5) is 0 Å². The molecular formula is C17H24O2. The van der Waals surface area contributed by atoms with Crippen molar-refractivity contribution >= 4 is 0 Å². The van der Waals surface area contributed by atoms with Gasteiger partial charge in [0.25, 0.3) is 0 Å². The fraction of sp³-hybridized carbons (Fsp3) is 0.647. The smallest absolute Gasteiger partial charge is 0.106 e. The summed E-state index contributed by atoms with van der Waals surface area (Å²) in [6.07, 6.45) is 4.25. The van der Waals surface area contributed by atoms with E-state index in [-0.39, 0.29) is 6.10 Å². The molecular weight excluding hydrogens is 236 g/mol. The van der Waals surface area contributed by atoms with Gasteiger partial charge in [-0.3, -0.25) is 0 Å². The Hall–Kier alpha value is -0.860. The van der Waals surface area contributed by atoms with Crippen molar-refractivity contribution in [3.05, 3.63) is 35.4 Å². The Morgan fingerprint density at radius 1 is 1.11 bits per heavy atom. The van der Waals surface area contributed by atoms with E-state index in [1.165, 1.54) is 12.0 Å². The van der Waals surface area contributed by atoms with Crippen LogP contribution in [0.5, 0.6) is 0 Å². The standard InChI is InChI=1S/C17H24O2/c1-11-7-8-14(9-12(11)2)19-16-10-13-5-3-4-6-15(13)17(16)18/h3-6,11-12,14,16-18H,7-10H2,1-2H3. The number of aliphatic hydroxyl groups excluding tert-OH is 1. The molecule has 0 aliphatic heterocycles. The highest BCUT2D eigenvalue weighted by Crippen LogP contribution is 2.37. The number of benzene rings is 1. The second kappa shape index (κ2) is 5.26. The molecule has 0 saturated heterocycles. The third-order valence-electron chi connectivity index (χ3n) is 5.06. The largest absolute Gasteiger partial charge is 0.386 e. The highest BCUT2D eigenvalue weighted by Gasteiger charge is 2.35. The molecule has 0 amide bonds. The number of rotatable bonds is 2. The van der Waals surface area contributed by atoms with Crippen LogP contribution in [0, 0.1) is 11.8 Å². The highest BCUT2D eigenvalue weighted by atomic mass is 16.5. The minimum atomic E-state index is -0.439. The van der Waals surface area contributed by atoms with Crippen molar-refractivity contribution in [2.45, 2.75) is 57.8 Å². The van der Waals surface area contributed by atoms with E-state index in [4.69, 9.17) is 4.74 Å². The quantitative estimate of drug-likeness (QED) is 0.882. The molecule has 2 heteroatoms. The summed E-state index contributed by atoms with van der Waals surface area (Å²) in [6, 6.07) is 8.16. The highest BCUT2D eigenvalue weighted by molar-refractivity contribution is 5.35. The Morgan fingerprint density at radius 2 is 1.89 bits per heavy atom. The van der Waals surface area contributed by atoms with E-state index in [0.717, 1.165) is 36.7 Å². The van der Waals surface area contributed by atoms with Gasteiger partial charge in [-0.25, -0.2) is 0 Å². The molecule has 1 fully saturated rings. The van der Waals surface area contributed by atoms with Crippen molar-refractivity contribution in [1.29, 1.82) is 0 Å². The molecule has 2 aliphatic rings. The van der Waals surface area contributed by atoms with E-state index >= 15 is 0 Å². The Labute approximate surface area is 115 Å². The van der Waals surface area contributed by atoms with Gasteiger partial charge < -0.3 is 9.84 Å². The van der Waals surface area contributed by atoms with E-state index in [1.54, 1.807) is 0 Å². The molecule has 5 atom stereocenters. The summed E-state index contributed by atoms with van der Waals surface area (Å²) in [5.74, 6) is 1.55. The van der Waals surface area contributed by atoms with E-state index in [1.807, 2.05) is 18.2 Å². The molecule has 19 heavy (non-hydrogen) atoms. The minimum absolute atomic E-state index is 0.0389. The van der Waals surface area contributed by atoms with Gasteiger partial charge in [0.05, 0.1) is 12.2 Å². The lowest BCUT2D eigenvalue weighted by Gasteiger charge is -2.34. The number of hydrogen-bond acceptors (Lipinski definition) is 2. The Kier molecular flexibility index (Phi) is 3.64. The molecule has 104 valence electrons. The molecule has 2 nitrogen and oxygen atoms in total. The van der Waals surface area contributed by atoms with Gasteiger partial charge in [-0.05, 0) is 42.2 Å². The van der Waals surface area contributed by atoms with Gasteiger partial charge in [-0.2, -0.15) is 0 Å². The van der Waals surface area contributed by atoms with E-state index in [0.29, 0.717) is 6.10 Å². The van der Waals surface area contributed by atoms with Gasteiger partial charge in [0, 0.05) is 6.42 Å². The lowest BCUT2D eigenvalue weighted by Crippen LogP contribution is -2.32. The molecule has 5 unspecified atom stereocenters. The van der Waals surface area contributed by atoms with Gasteiger partial charge in [0.15, 0.2) is 0 Å². The van der Waals surface area contributed by atoms with E-state index in [9.17, 15) is 5.11 Å².